The summed E-state index contributed by atoms with van der Waals surface area (Å²) in [6, 6.07) is 0. The second-order valence-electron chi connectivity index (χ2n) is 3.32. The van der Waals surface area contributed by atoms with E-state index in [4.69, 9.17) is 0 Å². The summed E-state index contributed by atoms with van der Waals surface area (Å²) in [7, 11) is -8.78. The van der Waals surface area contributed by atoms with E-state index in [9.17, 15) is 30.9 Å². The number of alkyl halides is 3. The van der Waals surface area contributed by atoms with Crippen molar-refractivity contribution in [1.29, 1.82) is 0 Å². The minimum absolute atomic E-state index is 0.482. The standard InChI is InChI=1S/C7H12F3O8PS/c1-6(5(11)15-2,19(12,16-3)17-4)18-20(13,14)7(8,9)10/h1-4H3. The minimum atomic E-state index is -6.25. The fourth-order valence-electron chi connectivity index (χ4n) is 1.06. The van der Waals surface area contributed by atoms with Crippen LogP contribution in [0.15, 0.2) is 0 Å². The van der Waals surface area contributed by atoms with E-state index in [1.54, 1.807) is 0 Å². The summed E-state index contributed by atoms with van der Waals surface area (Å²) < 4.78 is 87.4. The first kappa shape index (κ1) is 19.3. The maximum absolute atomic E-state index is 12.3. The highest BCUT2D eigenvalue weighted by Gasteiger charge is 2.62. The molecular formula is C7H12F3O8PS. The molecule has 0 rings (SSSR count). The summed E-state index contributed by atoms with van der Waals surface area (Å²) in [4.78, 5) is 11.5. The monoisotopic (exact) mass is 344 g/mol. The minimum Gasteiger partial charge on any atom is -0.466 e. The van der Waals surface area contributed by atoms with Gasteiger partial charge in [0, 0.05) is 14.2 Å². The van der Waals surface area contributed by atoms with Crippen molar-refractivity contribution >= 4 is 23.7 Å². The average molecular weight is 344 g/mol. The smallest absolute Gasteiger partial charge is 0.466 e. The van der Waals surface area contributed by atoms with Crippen molar-refractivity contribution in [2.24, 2.45) is 0 Å². The maximum atomic E-state index is 12.3. The molecule has 8 nitrogen and oxygen atoms in total. The summed E-state index contributed by atoms with van der Waals surface area (Å²) in [5.41, 5.74) is -5.84. The van der Waals surface area contributed by atoms with Crippen molar-refractivity contribution in [3.63, 3.8) is 0 Å². The lowest BCUT2D eigenvalue weighted by molar-refractivity contribution is -0.153. The Labute approximate surface area is 112 Å². The molecule has 0 radical (unpaired) electrons. The molecule has 0 aromatic heterocycles. The van der Waals surface area contributed by atoms with Crippen LogP contribution in [-0.4, -0.2) is 46.6 Å². The van der Waals surface area contributed by atoms with Gasteiger partial charge in [-0.1, -0.05) is 0 Å². The predicted molar refractivity (Wildman–Crippen MR) is 58.1 cm³/mol. The van der Waals surface area contributed by atoms with Crippen molar-refractivity contribution in [2.75, 3.05) is 21.3 Å². The molecule has 20 heavy (non-hydrogen) atoms. The number of hydrogen-bond acceptors (Lipinski definition) is 8. The highest BCUT2D eigenvalue weighted by Crippen LogP contribution is 2.60. The lowest BCUT2D eigenvalue weighted by atomic mass is 10.4. The van der Waals surface area contributed by atoms with Gasteiger partial charge in [-0.15, -0.1) is 0 Å². The van der Waals surface area contributed by atoms with Crippen LogP contribution < -0.4 is 0 Å². The van der Waals surface area contributed by atoms with Crippen molar-refractivity contribution in [3.05, 3.63) is 0 Å². The first-order valence-corrected chi connectivity index (χ1v) is 7.58. The molecule has 0 saturated carbocycles. The topological polar surface area (TPSA) is 105 Å². The van der Waals surface area contributed by atoms with E-state index in [-0.39, 0.29) is 0 Å². The van der Waals surface area contributed by atoms with E-state index in [0.717, 1.165) is 21.3 Å². The Kier molecular flexibility index (Phi) is 5.77. The molecule has 0 aliphatic heterocycles. The highest BCUT2D eigenvalue weighted by atomic mass is 32.2. The van der Waals surface area contributed by atoms with Gasteiger partial charge in [0.05, 0.1) is 7.11 Å². The van der Waals surface area contributed by atoms with Crippen molar-refractivity contribution in [2.45, 2.75) is 17.8 Å². The molecule has 0 aromatic rings. The first-order valence-electron chi connectivity index (χ1n) is 4.63. The van der Waals surface area contributed by atoms with Gasteiger partial charge in [-0.25, -0.2) is 8.98 Å². The number of methoxy groups -OCH3 is 1. The molecule has 0 aliphatic rings. The third-order valence-corrected chi connectivity index (χ3v) is 5.65. The Morgan fingerprint density at radius 1 is 1.10 bits per heavy atom. The zero-order valence-corrected chi connectivity index (χ0v) is 12.5. The van der Waals surface area contributed by atoms with Crippen LogP contribution in [0.3, 0.4) is 0 Å². The predicted octanol–water partition coefficient (Wildman–Crippen LogP) is 1.23. The zero-order chi connectivity index (χ0) is 16.4. The molecule has 13 heteroatoms. The van der Waals surface area contributed by atoms with Crippen LogP contribution in [0.25, 0.3) is 0 Å². The number of carbonyl (C=O) groups is 1. The molecule has 120 valence electrons. The summed E-state index contributed by atoms with van der Waals surface area (Å²) in [5, 5.41) is -3.15. The maximum Gasteiger partial charge on any atom is 0.523 e. The van der Waals surface area contributed by atoms with Crippen LogP contribution in [0.5, 0.6) is 0 Å². The summed E-state index contributed by atoms with van der Waals surface area (Å²) in [5.74, 6) is -1.68. The van der Waals surface area contributed by atoms with E-state index in [1.165, 1.54) is 0 Å². The molecule has 0 heterocycles. The van der Waals surface area contributed by atoms with Crippen molar-refractivity contribution < 1.29 is 48.9 Å². The quantitative estimate of drug-likeness (QED) is 0.307. The number of esters is 1. The zero-order valence-electron chi connectivity index (χ0n) is 10.8. The van der Waals surface area contributed by atoms with Gasteiger partial charge in [0.1, 0.15) is 0 Å². The van der Waals surface area contributed by atoms with E-state index in [0.29, 0.717) is 6.92 Å². The fraction of sp³-hybridized carbons (Fsp3) is 0.857. The van der Waals surface area contributed by atoms with Crippen LogP contribution in [-0.2, 0) is 37.4 Å². The van der Waals surface area contributed by atoms with Crippen LogP contribution in [0.2, 0.25) is 0 Å². The Morgan fingerprint density at radius 2 is 1.50 bits per heavy atom. The SMILES string of the molecule is COC(=O)C(C)(OS(=O)(=O)C(F)(F)F)P(=O)(OC)OC. The largest absolute Gasteiger partial charge is 0.523 e. The number of carbonyl (C=O) groups excluding carboxylic acids is 1. The molecule has 0 bridgehead atoms. The number of ether oxygens (including phenoxy) is 1. The molecule has 0 saturated heterocycles. The number of hydrogen-bond donors (Lipinski definition) is 0. The van der Waals surface area contributed by atoms with Crippen LogP contribution in [0, 0.1) is 0 Å². The van der Waals surface area contributed by atoms with Gasteiger partial charge in [-0.05, 0) is 6.92 Å². The molecule has 0 N–H and O–H groups in total. The number of halogens is 3. The van der Waals surface area contributed by atoms with Gasteiger partial charge in [0.25, 0.3) is 5.34 Å². The highest BCUT2D eigenvalue weighted by molar-refractivity contribution is 7.88. The lowest BCUT2D eigenvalue weighted by Crippen LogP contribution is -2.44. The molecule has 1 unspecified atom stereocenters. The Hall–Kier alpha value is -0.680. The lowest BCUT2D eigenvalue weighted by Gasteiger charge is -2.30. The normalized spacial score (nSPS) is 16.6. The average Bonchev–Trinajstić information content (AvgIpc) is 2.34. The molecule has 0 spiro atoms. The van der Waals surface area contributed by atoms with Crippen LogP contribution in [0.4, 0.5) is 13.2 Å². The Bertz CT molecular complexity index is 507. The summed E-state index contributed by atoms with van der Waals surface area (Å²) in [6.45, 7) is 0.482. The second-order valence-corrected chi connectivity index (χ2v) is 7.44. The van der Waals surface area contributed by atoms with Crippen molar-refractivity contribution in [1.82, 2.24) is 0 Å². The third kappa shape index (κ3) is 3.31. The Balaban J connectivity index is 5.99. The van der Waals surface area contributed by atoms with E-state index < -0.39 is 34.5 Å². The summed E-state index contributed by atoms with van der Waals surface area (Å²) in [6.07, 6.45) is 0. The second kappa shape index (κ2) is 5.98. The fourth-order valence-corrected chi connectivity index (χ4v) is 3.47. The van der Waals surface area contributed by atoms with E-state index >= 15 is 0 Å². The van der Waals surface area contributed by atoms with Gasteiger partial charge in [0.15, 0.2) is 0 Å². The van der Waals surface area contributed by atoms with E-state index in [1.807, 2.05) is 0 Å². The third-order valence-electron chi connectivity index (χ3n) is 2.12. The van der Waals surface area contributed by atoms with Crippen LogP contribution in [0.1, 0.15) is 6.92 Å². The van der Waals surface area contributed by atoms with Gasteiger partial charge >= 0.3 is 29.2 Å². The van der Waals surface area contributed by atoms with Gasteiger partial charge in [0.2, 0.25) is 0 Å². The van der Waals surface area contributed by atoms with Gasteiger partial charge in [-0.2, -0.15) is 21.6 Å². The Morgan fingerprint density at radius 3 is 1.75 bits per heavy atom. The van der Waals surface area contributed by atoms with Gasteiger partial charge < -0.3 is 13.8 Å². The molecule has 0 aromatic carbocycles. The number of rotatable bonds is 6. The molecule has 0 fully saturated rings. The molecule has 0 amide bonds. The van der Waals surface area contributed by atoms with Crippen LogP contribution >= 0.6 is 7.60 Å². The summed E-state index contributed by atoms with van der Waals surface area (Å²) >= 11 is 0. The molecule has 0 aliphatic carbocycles. The van der Waals surface area contributed by atoms with Gasteiger partial charge in [-0.3, -0.25) is 4.57 Å². The van der Waals surface area contributed by atoms with Crippen molar-refractivity contribution in [3.8, 4) is 0 Å². The van der Waals surface area contributed by atoms with E-state index in [2.05, 4.69) is 18.0 Å². The molecular weight excluding hydrogens is 332 g/mol. The molecule has 1 atom stereocenters. The first-order chi connectivity index (χ1) is 8.81.